The van der Waals surface area contributed by atoms with Crippen molar-refractivity contribution in [2.24, 2.45) is 0 Å². The zero-order chi connectivity index (χ0) is 19.5. The molecule has 1 fully saturated rings. The first-order valence-corrected chi connectivity index (χ1v) is 11.6. The fourth-order valence-electron chi connectivity index (χ4n) is 2.87. The van der Waals surface area contributed by atoms with E-state index in [1.807, 2.05) is 6.92 Å². The standard InChI is InChI=1S/C18H22N2O5S2/c1-2-25-16-7-5-15(6-8-16)19-26(21,22)17-9-11-18(12-10-17)27(23,24)20-13-3-4-14-20/h5-12,19H,2-4,13-14H2,1H3. The van der Waals surface area contributed by atoms with Crippen LogP contribution in [-0.4, -0.2) is 40.8 Å². The van der Waals surface area contributed by atoms with E-state index in [1.165, 1.54) is 28.6 Å². The van der Waals surface area contributed by atoms with E-state index in [-0.39, 0.29) is 9.79 Å². The van der Waals surface area contributed by atoms with Gasteiger partial charge < -0.3 is 4.74 Å². The van der Waals surface area contributed by atoms with Crippen LogP contribution in [0.5, 0.6) is 5.75 Å². The summed E-state index contributed by atoms with van der Waals surface area (Å²) in [5, 5.41) is 0. The van der Waals surface area contributed by atoms with E-state index in [2.05, 4.69) is 4.72 Å². The quantitative estimate of drug-likeness (QED) is 0.758. The molecule has 0 bridgehead atoms. The van der Waals surface area contributed by atoms with Gasteiger partial charge in [-0.3, -0.25) is 4.72 Å². The van der Waals surface area contributed by atoms with Gasteiger partial charge in [0.25, 0.3) is 10.0 Å². The van der Waals surface area contributed by atoms with E-state index in [0.29, 0.717) is 31.1 Å². The molecule has 2 aromatic rings. The summed E-state index contributed by atoms with van der Waals surface area (Å²) in [7, 11) is -7.38. The van der Waals surface area contributed by atoms with Gasteiger partial charge in [0.15, 0.2) is 0 Å². The van der Waals surface area contributed by atoms with Crippen LogP contribution in [0.2, 0.25) is 0 Å². The van der Waals surface area contributed by atoms with Gasteiger partial charge in [-0.2, -0.15) is 4.31 Å². The van der Waals surface area contributed by atoms with Gasteiger partial charge in [-0.1, -0.05) is 0 Å². The lowest BCUT2D eigenvalue weighted by molar-refractivity contribution is 0.340. The normalized spacial score (nSPS) is 15.6. The second-order valence-electron chi connectivity index (χ2n) is 6.15. The van der Waals surface area contributed by atoms with E-state index >= 15 is 0 Å². The molecule has 27 heavy (non-hydrogen) atoms. The van der Waals surface area contributed by atoms with Gasteiger partial charge in [-0.25, -0.2) is 16.8 Å². The number of hydrogen-bond acceptors (Lipinski definition) is 5. The van der Waals surface area contributed by atoms with E-state index in [4.69, 9.17) is 4.74 Å². The average molecular weight is 411 g/mol. The highest BCUT2D eigenvalue weighted by molar-refractivity contribution is 7.92. The first-order valence-electron chi connectivity index (χ1n) is 8.69. The SMILES string of the molecule is CCOc1ccc(NS(=O)(=O)c2ccc(S(=O)(=O)N3CCCC3)cc2)cc1. The molecular formula is C18H22N2O5S2. The Labute approximate surface area is 160 Å². The van der Waals surface area contributed by atoms with Crippen LogP contribution in [0.4, 0.5) is 5.69 Å². The van der Waals surface area contributed by atoms with Gasteiger partial charge in [-0.05, 0) is 68.3 Å². The van der Waals surface area contributed by atoms with Gasteiger partial charge in [0.2, 0.25) is 10.0 Å². The van der Waals surface area contributed by atoms with Crippen LogP contribution in [0.3, 0.4) is 0 Å². The van der Waals surface area contributed by atoms with Crippen LogP contribution < -0.4 is 9.46 Å². The summed E-state index contributed by atoms with van der Waals surface area (Å²) < 4.78 is 59.3. The minimum Gasteiger partial charge on any atom is -0.494 e. The summed E-state index contributed by atoms with van der Waals surface area (Å²) >= 11 is 0. The largest absolute Gasteiger partial charge is 0.494 e. The second-order valence-corrected chi connectivity index (χ2v) is 9.77. The molecule has 3 rings (SSSR count). The van der Waals surface area contributed by atoms with Crippen molar-refractivity contribution in [1.82, 2.24) is 4.31 Å². The molecule has 0 atom stereocenters. The lowest BCUT2D eigenvalue weighted by Crippen LogP contribution is -2.27. The van der Waals surface area contributed by atoms with Crippen molar-refractivity contribution in [1.29, 1.82) is 0 Å². The van der Waals surface area contributed by atoms with Crippen LogP contribution in [0.25, 0.3) is 0 Å². The van der Waals surface area contributed by atoms with Crippen LogP contribution in [-0.2, 0) is 20.0 Å². The Morgan fingerprint density at radius 2 is 1.44 bits per heavy atom. The zero-order valence-corrected chi connectivity index (χ0v) is 16.6. The van der Waals surface area contributed by atoms with Crippen molar-refractivity contribution in [3.63, 3.8) is 0 Å². The van der Waals surface area contributed by atoms with Crippen molar-refractivity contribution in [3.8, 4) is 5.75 Å². The fourth-order valence-corrected chi connectivity index (χ4v) is 5.44. The van der Waals surface area contributed by atoms with Gasteiger partial charge >= 0.3 is 0 Å². The molecule has 1 heterocycles. The number of nitrogens with one attached hydrogen (secondary N) is 1. The topological polar surface area (TPSA) is 92.8 Å². The molecule has 1 aliphatic heterocycles. The minimum absolute atomic E-state index is 0.00300. The van der Waals surface area contributed by atoms with Crippen molar-refractivity contribution < 1.29 is 21.6 Å². The maximum absolute atomic E-state index is 12.5. The maximum Gasteiger partial charge on any atom is 0.261 e. The maximum atomic E-state index is 12.5. The van der Waals surface area contributed by atoms with E-state index in [1.54, 1.807) is 24.3 Å². The lowest BCUT2D eigenvalue weighted by Gasteiger charge is -2.15. The predicted octanol–water partition coefficient (Wildman–Crippen LogP) is 2.67. The molecule has 0 spiro atoms. The zero-order valence-electron chi connectivity index (χ0n) is 15.0. The fraction of sp³-hybridized carbons (Fsp3) is 0.333. The molecule has 0 aromatic heterocycles. The van der Waals surface area contributed by atoms with Gasteiger partial charge in [0.05, 0.1) is 16.4 Å². The summed E-state index contributed by atoms with van der Waals surface area (Å²) in [6.45, 7) is 3.39. The molecule has 1 N–H and O–H groups in total. The highest BCUT2D eigenvalue weighted by Crippen LogP contribution is 2.24. The smallest absolute Gasteiger partial charge is 0.261 e. The van der Waals surface area contributed by atoms with E-state index < -0.39 is 20.0 Å². The van der Waals surface area contributed by atoms with Crippen molar-refractivity contribution in [2.75, 3.05) is 24.4 Å². The number of hydrogen-bond donors (Lipinski definition) is 1. The molecule has 0 saturated carbocycles. The summed E-state index contributed by atoms with van der Waals surface area (Å²) in [5.74, 6) is 0.650. The van der Waals surface area contributed by atoms with Gasteiger partial charge in [0, 0.05) is 18.8 Å². The highest BCUT2D eigenvalue weighted by atomic mass is 32.2. The molecule has 0 radical (unpaired) electrons. The Bertz CT molecular complexity index is 979. The Kier molecular flexibility index (Phi) is 5.73. The average Bonchev–Trinajstić information content (AvgIpc) is 3.19. The number of nitrogens with zero attached hydrogens (tertiary/aromatic N) is 1. The molecule has 7 nitrogen and oxygen atoms in total. The lowest BCUT2D eigenvalue weighted by atomic mass is 10.3. The highest BCUT2D eigenvalue weighted by Gasteiger charge is 2.27. The number of anilines is 1. The second kappa shape index (κ2) is 7.87. The molecule has 1 aliphatic rings. The Morgan fingerprint density at radius 1 is 0.889 bits per heavy atom. The van der Waals surface area contributed by atoms with Crippen LogP contribution in [0.15, 0.2) is 58.3 Å². The molecule has 0 aliphatic carbocycles. The number of ether oxygens (including phenoxy) is 1. The Hall–Kier alpha value is -2.10. The van der Waals surface area contributed by atoms with Crippen LogP contribution >= 0.6 is 0 Å². The summed E-state index contributed by atoms with van der Waals surface area (Å²) in [4.78, 5) is 0.0983. The van der Waals surface area contributed by atoms with Crippen molar-refractivity contribution >= 4 is 25.7 Å². The number of rotatable bonds is 7. The van der Waals surface area contributed by atoms with Crippen LogP contribution in [0.1, 0.15) is 19.8 Å². The third-order valence-electron chi connectivity index (χ3n) is 4.25. The molecule has 1 saturated heterocycles. The number of benzene rings is 2. The van der Waals surface area contributed by atoms with Crippen LogP contribution in [0, 0.1) is 0 Å². The first kappa shape index (κ1) is 19.7. The Balaban J connectivity index is 1.77. The van der Waals surface area contributed by atoms with Gasteiger partial charge in [0.1, 0.15) is 5.75 Å². The molecule has 2 aromatic carbocycles. The third kappa shape index (κ3) is 4.42. The monoisotopic (exact) mass is 410 g/mol. The summed E-state index contributed by atoms with van der Waals surface area (Å²) in [6, 6.07) is 11.8. The third-order valence-corrected chi connectivity index (χ3v) is 7.56. The minimum atomic E-state index is -3.82. The van der Waals surface area contributed by atoms with E-state index in [9.17, 15) is 16.8 Å². The molecular weight excluding hydrogens is 388 g/mol. The van der Waals surface area contributed by atoms with Crippen molar-refractivity contribution in [3.05, 3.63) is 48.5 Å². The van der Waals surface area contributed by atoms with E-state index in [0.717, 1.165) is 12.8 Å². The molecule has 146 valence electrons. The first-order chi connectivity index (χ1) is 12.8. The number of sulfonamides is 2. The van der Waals surface area contributed by atoms with Crippen molar-refractivity contribution in [2.45, 2.75) is 29.6 Å². The van der Waals surface area contributed by atoms with Gasteiger partial charge in [-0.15, -0.1) is 0 Å². The molecule has 0 unspecified atom stereocenters. The summed E-state index contributed by atoms with van der Waals surface area (Å²) in [6.07, 6.45) is 1.69. The Morgan fingerprint density at radius 3 is 2.00 bits per heavy atom. The summed E-state index contributed by atoms with van der Waals surface area (Å²) in [5.41, 5.74) is 0.396. The molecule has 0 amide bonds. The predicted molar refractivity (Wildman–Crippen MR) is 103 cm³/mol. The molecule has 9 heteroatoms.